The molecular formula is C5H5N5O2S. The Morgan fingerprint density at radius 2 is 2.54 bits per heavy atom. The molecule has 0 aliphatic rings. The molecule has 0 aliphatic carbocycles. The van der Waals surface area contributed by atoms with Gasteiger partial charge in [0.2, 0.25) is 5.88 Å². The van der Waals surface area contributed by atoms with E-state index in [2.05, 4.69) is 20.6 Å². The number of H-pyrrole nitrogens is 1. The predicted molar refractivity (Wildman–Crippen MR) is 43.5 cm³/mol. The first-order valence-corrected chi connectivity index (χ1v) is 4.25. The van der Waals surface area contributed by atoms with Gasteiger partial charge in [0, 0.05) is 0 Å². The summed E-state index contributed by atoms with van der Waals surface area (Å²) >= 11 is 0.924. The van der Waals surface area contributed by atoms with Crippen LogP contribution in [0.25, 0.3) is 0 Å². The summed E-state index contributed by atoms with van der Waals surface area (Å²) in [4.78, 5) is 10.9. The maximum Gasteiger partial charge on any atom is 0.310 e. The van der Waals surface area contributed by atoms with Crippen molar-refractivity contribution < 1.29 is 5.11 Å². The number of aromatic hydroxyl groups is 1. The number of tetrazole rings is 1. The number of hydrogen-bond acceptors (Lipinski definition) is 6. The monoisotopic (exact) mass is 199 g/mol. The van der Waals surface area contributed by atoms with Crippen LogP contribution in [0.15, 0.2) is 10.2 Å². The molecule has 0 aliphatic heterocycles. The van der Waals surface area contributed by atoms with E-state index >= 15 is 0 Å². The first-order valence-electron chi connectivity index (χ1n) is 3.37. The van der Waals surface area contributed by atoms with Gasteiger partial charge in [-0.3, -0.25) is 9.36 Å². The Labute approximate surface area is 75.7 Å². The molecule has 68 valence electrons. The van der Waals surface area contributed by atoms with Crippen LogP contribution in [-0.2, 0) is 6.54 Å². The van der Waals surface area contributed by atoms with Crippen molar-refractivity contribution in [3.8, 4) is 5.88 Å². The summed E-state index contributed by atoms with van der Waals surface area (Å²) in [5.41, 5.74) is 0. The van der Waals surface area contributed by atoms with E-state index in [9.17, 15) is 9.90 Å². The molecule has 0 amide bonds. The molecule has 2 heterocycles. The molecule has 8 heteroatoms. The summed E-state index contributed by atoms with van der Waals surface area (Å²) in [5.74, 6) is 0.274. The molecule has 2 aromatic rings. The molecule has 0 atom stereocenters. The fourth-order valence-electron chi connectivity index (χ4n) is 0.860. The molecule has 0 aromatic carbocycles. The molecule has 7 nitrogen and oxygen atoms in total. The quantitative estimate of drug-likeness (QED) is 0.658. The van der Waals surface area contributed by atoms with Crippen molar-refractivity contribution in [2.75, 3.05) is 0 Å². The van der Waals surface area contributed by atoms with Gasteiger partial charge in [-0.05, 0) is 0 Å². The number of hydrogen-bond donors (Lipinski definition) is 2. The lowest BCUT2D eigenvalue weighted by molar-refractivity contribution is 0.419. The second-order valence-corrected chi connectivity index (χ2v) is 3.09. The van der Waals surface area contributed by atoms with Crippen molar-refractivity contribution in [2.45, 2.75) is 6.54 Å². The number of thiazole rings is 1. The highest BCUT2D eigenvalue weighted by Gasteiger charge is 2.07. The Morgan fingerprint density at radius 3 is 3.08 bits per heavy atom. The standard InChI is InChI=1S/C5H5N5O2S/c11-4-2-13-5(12)10(4)1-3-6-8-9-7-3/h2,11H,1H2,(H,6,7,8,9). The molecule has 0 saturated carbocycles. The highest BCUT2D eigenvalue weighted by Crippen LogP contribution is 2.09. The summed E-state index contributed by atoms with van der Waals surface area (Å²) in [7, 11) is 0. The third kappa shape index (κ3) is 1.43. The number of nitrogens with one attached hydrogen (secondary N) is 1. The molecule has 2 aromatic heterocycles. The third-order valence-electron chi connectivity index (χ3n) is 1.45. The van der Waals surface area contributed by atoms with Gasteiger partial charge in [-0.25, -0.2) is 0 Å². The first kappa shape index (κ1) is 7.92. The fourth-order valence-corrected chi connectivity index (χ4v) is 1.48. The zero-order chi connectivity index (χ0) is 9.26. The Hall–Kier alpha value is -1.70. The molecule has 0 bridgehead atoms. The second-order valence-electron chi connectivity index (χ2n) is 2.27. The average Bonchev–Trinajstić information content (AvgIpc) is 2.70. The van der Waals surface area contributed by atoms with E-state index in [0.29, 0.717) is 5.82 Å². The Bertz CT molecular complexity index is 444. The Morgan fingerprint density at radius 1 is 1.69 bits per heavy atom. The molecule has 13 heavy (non-hydrogen) atoms. The zero-order valence-corrected chi connectivity index (χ0v) is 7.15. The van der Waals surface area contributed by atoms with Gasteiger partial charge in [0.25, 0.3) is 0 Å². The minimum atomic E-state index is -0.248. The zero-order valence-electron chi connectivity index (χ0n) is 6.34. The minimum Gasteiger partial charge on any atom is -0.494 e. The van der Waals surface area contributed by atoms with Gasteiger partial charge in [-0.2, -0.15) is 5.21 Å². The van der Waals surface area contributed by atoms with E-state index in [1.54, 1.807) is 0 Å². The Kier molecular flexibility index (Phi) is 1.81. The van der Waals surface area contributed by atoms with Crippen molar-refractivity contribution in [2.24, 2.45) is 0 Å². The van der Waals surface area contributed by atoms with Gasteiger partial charge in [-0.15, -0.1) is 10.2 Å². The van der Waals surface area contributed by atoms with Gasteiger partial charge in [-0.1, -0.05) is 16.6 Å². The summed E-state index contributed by atoms with van der Waals surface area (Å²) in [6, 6.07) is 0. The predicted octanol–water partition coefficient (Wildman–Crippen LogP) is -0.823. The normalized spacial score (nSPS) is 10.5. The number of aromatic nitrogens is 5. The van der Waals surface area contributed by atoms with Crippen LogP contribution >= 0.6 is 11.3 Å². The lowest BCUT2D eigenvalue weighted by Gasteiger charge is -1.96. The fraction of sp³-hybridized carbons (Fsp3) is 0.200. The van der Waals surface area contributed by atoms with Gasteiger partial charge >= 0.3 is 4.87 Å². The van der Waals surface area contributed by atoms with E-state index in [-0.39, 0.29) is 17.3 Å². The third-order valence-corrected chi connectivity index (χ3v) is 2.20. The van der Waals surface area contributed by atoms with Crippen LogP contribution in [0.2, 0.25) is 0 Å². The summed E-state index contributed by atoms with van der Waals surface area (Å²) in [5, 5.41) is 23.5. The molecule has 2 N–H and O–H groups in total. The SMILES string of the molecule is O=c1scc(O)n1Cc1nn[nH]n1. The van der Waals surface area contributed by atoms with Crippen molar-refractivity contribution >= 4 is 11.3 Å². The summed E-state index contributed by atoms with van der Waals surface area (Å²) in [6.07, 6.45) is 0. The lowest BCUT2D eigenvalue weighted by Crippen LogP contribution is -2.14. The van der Waals surface area contributed by atoms with Crippen LogP contribution in [-0.4, -0.2) is 30.3 Å². The van der Waals surface area contributed by atoms with Crippen LogP contribution in [0.5, 0.6) is 5.88 Å². The highest BCUT2D eigenvalue weighted by atomic mass is 32.1. The Balaban J connectivity index is 2.33. The van der Waals surface area contributed by atoms with Crippen LogP contribution in [0, 0.1) is 0 Å². The second kappa shape index (κ2) is 2.98. The lowest BCUT2D eigenvalue weighted by atomic mass is 10.6. The topological polar surface area (TPSA) is 96.7 Å². The molecule has 0 fully saturated rings. The van der Waals surface area contributed by atoms with Crippen LogP contribution < -0.4 is 4.87 Å². The van der Waals surface area contributed by atoms with E-state index < -0.39 is 0 Å². The number of nitrogens with zero attached hydrogens (tertiary/aromatic N) is 4. The van der Waals surface area contributed by atoms with E-state index in [4.69, 9.17) is 0 Å². The van der Waals surface area contributed by atoms with Crippen molar-refractivity contribution in [3.63, 3.8) is 0 Å². The molecule has 0 spiro atoms. The van der Waals surface area contributed by atoms with Gasteiger partial charge in [0.1, 0.15) is 0 Å². The molecule has 0 saturated heterocycles. The van der Waals surface area contributed by atoms with Crippen LogP contribution in [0.3, 0.4) is 0 Å². The van der Waals surface area contributed by atoms with Crippen LogP contribution in [0.1, 0.15) is 5.82 Å². The van der Waals surface area contributed by atoms with Gasteiger partial charge < -0.3 is 5.11 Å². The van der Waals surface area contributed by atoms with Gasteiger partial charge in [0.05, 0.1) is 11.9 Å². The van der Waals surface area contributed by atoms with E-state index in [0.717, 1.165) is 15.9 Å². The van der Waals surface area contributed by atoms with Crippen LogP contribution in [0.4, 0.5) is 0 Å². The molecule has 0 unspecified atom stereocenters. The van der Waals surface area contributed by atoms with Crippen molar-refractivity contribution in [1.82, 2.24) is 25.2 Å². The smallest absolute Gasteiger partial charge is 0.310 e. The number of rotatable bonds is 2. The molecular weight excluding hydrogens is 194 g/mol. The van der Waals surface area contributed by atoms with Crippen molar-refractivity contribution in [1.29, 1.82) is 0 Å². The number of aromatic amines is 1. The molecule has 2 rings (SSSR count). The molecule has 0 radical (unpaired) electrons. The maximum atomic E-state index is 11.1. The maximum absolute atomic E-state index is 11.1. The van der Waals surface area contributed by atoms with E-state index in [1.807, 2.05) is 0 Å². The summed E-state index contributed by atoms with van der Waals surface area (Å²) in [6.45, 7) is 0.130. The van der Waals surface area contributed by atoms with E-state index in [1.165, 1.54) is 5.38 Å². The first-order chi connectivity index (χ1) is 6.27. The highest BCUT2D eigenvalue weighted by molar-refractivity contribution is 7.07. The summed E-state index contributed by atoms with van der Waals surface area (Å²) < 4.78 is 1.16. The van der Waals surface area contributed by atoms with Gasteiger partial charge in [0.15, 0.2) is 5.82 Å². The minimum absolute atomic E-state index is 0.0835. The van der Waals surface area contributed by atoms with Crippen molar-refractivity contribution in [3.05, 3.63) is 20.9 Å². The average molecular weight is 199 g/mol. The largest absolute Gasteiger partial charge is 0.494 e.